The Morgan fingerprint density at radius 3 is 2.14 bits per heavy atom. The largest absolute Gasteiger partial charge is 2.00 e. The zero-order chi connectivity index (χ0) is 30.4. The van der Waals surface area contributed by atoms with Crippen molar-refractivity contribution in [2.75, 3.05) is 5.32 Å². The first-order chi connectivity index (χ1) is 20.1. The second-order valence-electron chi connectivity index (χ2n) is 10.5. The van der Waals surface area contributed by atoms with Gasteiger partial charge < -0.3 is 35.1 Å². The molecule has 0 aliphatic rings. The van der Waals surface area contributed by atoms with Gasteiger partial charge in [0.25, 0.3) is 5.91 Å². The first kappa shape index (κ1) is 34.3. The first-order valence-corrected chi connectivity index (χ1v) is 13.8. The van der Waals surface area contributed by atoms with Crippen LogP contribution in [0.3, 0.4) is 0 Å². The van der Waals surface area contributed by atoms with Gasteiger partial charge in [0.15, 0.2) is 0 Å². The van der Waals surface area contributed by atoms with Crippen molar-refractivity contribution in [1.29, 1.82) is 0 Å². The number of carbonyl (C=O) groups excluding carboxylic acids is 2. The molecular weight excluding hydrogens is 579 g/mol. The van der Waals surface area contributed by atoms with E-state index in [9.17, 15) is 34.4 Å². The molecule has 1 aromatic heterocycles. The molecule has 0 radical (unpaired) electrons. The minimum absolute atomic E-state index is 0. The van der Waals surface area contributed by atoms with Crippen LogP contribution in [0.25, 0.3) is 22.4 Å². The maximum Gasteiger partial charge on any atom is 2.00 e. The molecule has 2 atom stereocenters. The number of carboxylic acid groups (broad SMARTS) is 1. The number of carbonyl (C=O) groups is 2. The van der Waals surface area contributed by atoms with E-state index in [-0.39, 0.29) is 74.5 Å². The van der Waals surface area contributed by atoms with Crippen molar-refractivity contribution in [1.82, 2.24) is 4.57 Å². The number of carboxylic acids is 1. The fourth-order valence-electron chi connectivity index (χ4n) is 5.23. The number of rotatable bonds is 12. The molecule has 8 nitrogen and oxygen atoms in total. The summed E-state index contributed by atoms with van der Waals surface area (Å²) in [7, 11) is 0. The molecular formula is C33H33CaFN2O6. The maximum absolute atomic E-state index is 14.1. The van der Waals surface area contributed by atoms with Gasteiger partial charge in [-0.15, -0.1) is 0 Å². The quantitative estimate of drug-likeness (QED) is 0.209. The van der Waals surface area contributed by atoms with Crippen molar-refractivity contribution in [3.8, 4) is 28.1 Å². The smallest absolute Gasteiger partial charge is 0.871 e. The summed E-state index contributed by atoms with van der Waals surface area (Å²) < 4.78 is 15.9. The Bertz CT molecular complexity index is 1540. The summed E-state index contributed by atoms with van der Waals surface area (Å²) in [4.78, 5) is 24.9. The number of aliphatic carboxylic acids is 1. The van der Waals surface area contributed by atoms with Crippen LogP contribution in [0.15, 0.2) is 78.9 Å². The van der Waals surface area contributed by atoms with Crippen molar-refractivity contribution in [3.63, 3.8) is 0 Å². The zero-order valence-electron chi connectivity index (χ0n) is 24.1. The van der Waals surface area contributed by atoms with Gasteiger partial charge >= 0.3 is 37.7 Å². The SMILES string of the molecule is CC(C)c1c(C(=O)Nc2ccccc2[O-])c(-c2ccccc2)c(-c2ccc(F)cc2)n1CC[C@@H](O)C[C@@H](O)CC(=O)[O-].[Ca+2]. The molecule has 10 heteroatoms. The molecule has 3 N–H and O–H groups in total. The predicted molar refractivity (Wildman–Crippen MR) is 160 cm³/mol. The van der Waals surface area contributed by atoms with Crippen LogP contribution in [0.2, 0.25) is 0 Å². The molecule has 1 amide bonds. The Balaban J connectivity index is 0.00000506. The summed E-state index contributed by atoms with van der Waals surface area (Å²) in [6.07, 6.45) is -2.96. The zero-order valence-corrected chi connectivity index (χ0v) is 26.3. The van der Waals surface area contributed by atoms with Crippen molar-refractivity contribution >= 4 is 55.3 Å². The van der Waals surface area contributed by atoms with E-state index in [2.05, 4.69) is 5.32 Å². The Morgan fingerprint density at radius 1 is 0.907 bits per heavy atom. The van der Waals surface area contributed by atoms with Crippen LogP contribution in [-0.2, 0) is 11.3 Å². The molecule has 220 valence electrons. The average Bonchev–Trinajstić information content (AvgIpc) is 3.29. The van der Waals surface area contributed by atoms with Crippen LogP contribution in [0.1, 0.15) is 55.1 Å². The number of aliphatic hydroxyl groups excluding tert-OH is 2. The molecule has 0 fully saturated rings. The normalized spacial score (nSPS) is 12.4. The number of hydrogen-bond acceptors (Lipinski definition) is 6. The van der Waals surface area contributed by atoms with Gasteiger partial charge in [-0.2, -0.15) is 0 Å². The van der Waals surface area contributed by atoms with Crippen molar-refractivity contribution in [2.24, 2.45) is 0 Å². The Labute approximate surface area is 279 Å². The van der Waals surface area contributed by atoms with Crippen LogP contribution in [-0.4, -0.2) is 76.6 Å². The van der Waals surface area contributed by atoms with E-state index in [1.54, 1.807) is 24.3 Å². The minimum atomic E-state index is -1.41. The number of amides is 1. The third kappa shape index (κ3) is 8.46. The Kier molecular flexibility index (Phi) is 12.4. The van der Waals surface area contributed by atoms with E-state index in [1.165, 1.54) is 24.3 Å². The molecule has 3 aromatic carbocycles. The molecule has 0 aliphatic carbocycles. The van der Waals surface area contributed by atoms with Gasteiger partial charge in [-0.25, -0.2) is 4.39 Å². The number of hydrogen-bond donors (Lipinski definition) is 3. The topological polar surface area (TPSA) is 138 Å². The fraction of sp³-hybridized carbons (Fsp3) is 0.273. The van der Waals surface area contributed by atoms with Gasteiger partial charge in [0.1, 0.15) is 5.82 Å². The number of anilines is 1. The third-order valence-electron chi connectivity index (χ3n) is 7.03. The molecule has 1 heterocycles. The van der Waals surface area contributed by atoms with Gasteiger partial charge in [0.05, 0.1) is 23.5 Å². The molecule has 0 unspecified atom stereocenters. The van der Waals surface area contributed by atoms with Crippen LogP contribution in [0, 0.1) is 5.82 Å². The standard InChI is InChI=1S/C33H35FN2O6.Ca/c1-20(2)31-30(33(42)35-26-10-6-7-11-27(26)39)29(21-8-4-3-5-9-21)32(22-12-14-23(34)15-13-22)36(31)17-16-24(37)18-25(38)19-28(40)41;/h3-15,20,24-25,37-39H,16-19H2,1-2H3,(H,35,42)(H,40,41);/q;+2/p-2/t24-,25-;/m1./s1. The maximum atomic E-state index is 14.1. The first-order valence-electron chi connectivity index (χ1n) is 13.8. The predicted octanol–water partition coefficient (Wildman–Crippen LogP) is 3.67. The third-order valence-corrected chi connectivity index (χ3v) is 7.03. The van der Waals surface area contributed by atoms with Crippen LogP contribution in [0.5, 0.6) is 5.75 Å². The van der Waals surface area contributed by atoms with Crippen molar-refractivity contribution < 1.29 is 34.4 Å². The molecule has 0 bridgehead atoms. The van der Waals surface area contributed by atoms with Crippen molar-refractivity contribution in [3.05, 3.63) is 95.9 Å². The van der Waals surface area contributed by atoms with Gasteiger partial charge in [-0.1, -0.05) is 68.1 Å². The number of nitrogens with one attached hydrogen (secondary N) is 1. The second kappa shape index (κ2) is 15.5. The van der Waals surface area contributed by atoms with E-state index in [1.807, 2.05) is 48.7 Å². The molecule has 0 saturated heterocycles. The summed E-state index contributed by atoms with van der Waals surface area (Å²) >= 11 is 0. The van der Waals surface area contributed by atoms with E-state index in [4.69, 9.17) is 0 Å². The second-order valence-corrected chi connectivity index (χ2v) is 10.5. The Hall–Kier alpha value is -3.21. The molecule has 0 spiro atoms. The number of benzene rings is 3. The van der Waals surface area contributed by atoms with Gasteiger partial charge in [0.2, 0.25) is 0 Å². The van der Waals surface area contributed by atoms with Crippen LogP contribution < -0.4 is 15.5 Å². The molecule has 43 heavy (non-hydrogen) atoms. The molecule has 0 saturated carbocycles. The minimum Gasteiger partial charge on any atom is -0.871 e. The van der Waals surface area contributed by atoms with Crippen LogP contribution >= 0.6 is 0 Å². The Morgan fingerprint density at radius 2 is 1.53 bits per heavy atom. The number of aromatic nitrogens is 1. The van der Waals surface area contributed by atoms with Gasteiger partial charge in [-0.3, -0.25) is 4.79 Å². The monoisotopic (exact) mass is 612 g/mol. The van der Waals surface area contributed by atoms with Crippen LogP contribution in [0.4, 0.5) is 10.1 Å². The molecule has 4 rings (SSSR count). The van der Waals surface area contributed by atoms with Gasteiger partial charge in [0, 0.05) is 35.9 Å². The number of aliphatic hydroxyl groups is 2. The molecule has 4 aromatic rings. The summed E-state index contributed by atoms with van der Waals surface area (Å²) in [6, 6.07) is 21.3. The number of nitrogens with zero attached hydrogens (tertiary/aromatic N) is 1. The summed E-state index contributed by atoms with van der Waals surface area (Å²) in [5.74, 6) is -2.87. The van der Waals surface area contributed by atoms with E-state index in [0.717, 1.165) is 5.56 Å². The van der Waals surface area contributed by atoms with E-state index < -0.39 is 36.3 Å². The van der Waals surface area contributed by atoms with E-state index >= 15 is 0 Å². The summed E-state index contributed by atoms with van der Waals surface area (Å²) in [5.41, 5.74) is 3.66. The number of halogens is 1. The fourth-order valence-corrected chi connectivity index (χ4v) is 5.23. The average molecular weight is 613 g/mol. The molecule has 0 aliphatic heterocycles. The van der Waals surface area contributed by atoms with Gasteiger partial charge in [-0.05, 0) is 60.2 Å². The summed E-state index contributed by atoms with van der Waals surface area (Å²) in [5, 5.41) is 46.8. The summed E-state index contributed by atoms with van der Waals surface area (Å²) in [6.45, 7) is 4.05. The number of para-hydroxylation sites is 2. The van der Waals surface area contributed by atoms with Crippen molar-refractivity contribution in [2.45, 2.75) is 57.8 Å². The van der Waals surface area contributed by atoms with E-state index in [0.29, 0.717) is 28.1 Å².